The minimum atomic E-state index is -3.63. The van der Waals surface area contributed by atoms with Gasteiger partial charge in [-0.15, -0.1) is 0 Å². The monoisotopic (exact) mass is 434 g/mol. The highest BCUT2D eigenvalue weighted by Crippen LogP contribution is 2.28. The van der Waals surface area contributed by atoms with Crippen LogP contribution in [0.15, 0.2) is 47.4 Å². The van der Waals surface area contributed by atoms with Gasteiger partial charge in [-0.25, -0.2) is 12.7 Å². The van der Waals surface area contributed by atoms with E-state index in [4.69, 9.17) is 9.47 Å². The summed E-state index contributed by atoms with van der Waals surface area (Å²) in [6.07, 6.45) is 0.637. The Morgan fingerprint density at radius 3 is 2.30 bits per heavy atom. The minimum Gasteiger partial charge on any atom is -0.495 e. The number of ether oxygens (including phenoxy) is 2. The molecule has 0 aromatic heterocycles. The number of benzene rings is 2. The molecule has 0 saturated heterocycles. The molecular weight excluding hydrogens is 408 g/mol. The van der Waals surface area contributed by atoms with E-state index in [9.17, 15) is 18.0 Å². The zero-order chi connectivity index (χ0) is 22.3. The van der Waals surface area contributed by atoms with Crippen LogP contribution in [-0.4, -0.2) is 52.2 Å². The summed E-state index contributed by atoms with van der Waals surface area (Å²) in [6.45, 7) is 1.81. The van der Waals surface area contributed by atoms with Crippen LogP contribution in [0.3, 0.4) is 0 Å². The van der Waals surface area contributed by atoms with Crippen LogP contribution in [0.5, 0.6) is 11.5 Å². The lowest BCUT2D eigenvalue weighted by Gasteiger charge is -2.15. The van der Waals surface area contributed by atoms with Crippen LogP contribution in [0.25, 0.3) is 0 Å². The number of hydrogen-bond donors (Lipinski definition) is 1. The van der Waals surface area contributed by atoms with Crippen molar-refractivity contribution < 1.29 is 27.5 Å². The summed E-state index contributed by atoms with van der Waals surface area (Å²) in [6, 6.07) is 11.1. The third-order valence-corrected chi connectivity index (χ3v) is 6.11. The molecule has 0 spiro atoms. The summed E-state index contributed by atoms with van der Waals surface area (Å²) in [5.74, 6) is 0.672. The number of nitrogens with zero attached hydrogens (tertiary/aromatic N) is 1. The minimum absolute atomic E-state index is 0.0175. The number of nitrogens with one attached hydrogen (secondary N) is 1. The van der Waals surface area contributed by atoms with E-state index >= 15 is 0 Å². The van der Waals surface area contributed by atoms with Crippen molar-refractivity contribution in [3.8, 4) is 11.5 Å². The van der Waals surface area contributed by atoms with Crippen LogP contribution in [-0.2, 0) is 14.8 Å². The third-order valence-electron chi connectivity index (χ3n) is 4.30. The fourth-order valence-electron chi connectivity index (χ4n) is 2.58. The lowest BCUT2D eigenvalue weighted by Crippen LogP contribution is -2.22. The van der Waals surface area contributed by atoms with Crippen LogP contribution in [0, 0.1) is 0 Å². The summed E-state index contributed by atoms with van der Waals surface area (Å²) in [4.78, 5) is 23.6. The topological polar surface area (TPSA) is 102 Å². The van der Waals surface area contributed by atoms with E-state index in [2.05, 4.69) is 5.32 Å². The molecule has 0 aliphatic heterocycles. The van der Waals surface area contributed by atoms with Gasteiger partial charge in [-0.05, 0) is 55.8 Å². The molecule has 0 saturated carbocycles. The first-order valence-electron chi connectivity index (χ1n) is 9.29. The zero-order valence-corrected chi connectivity index (χ0v) is 18.3. The molecule has 0 atom stereocenters. The molecular formula is C21H26N2O6S. The molecule has 0 aliphatic rings. The van der Waals surface area contributed by atoms with E-state index in [1.54, 1.807) is 24.3 Å². The Bertz CT molecular complexity index is 1000. The summed E-state index contributed by atoms with van der Waals surface area (Å²) >= 11 is 0. The second-order valence-electron chi connectivity index (χ2n) is 6.73. The number of carbonyl (C=O) groups excluding carboxylic acids is 2. The quantitative estimate of drug-likeness (QED) is 0.456. The molecule has 8 nitrogen and oxygen atoms in total. The number of Topliss-reactive ketones (excluding diaryl/α,β-unsaturated/α-hetero) is 1. The van der Waals surface area contributed by atoms with Crippen molar-refractivity contribution in [2.75, 3.05) is 33.1 Å². The van der Waals surface area contributed by atoms with E-state index < -0.39 is 10.0 Å². The molecule has 9 heteroatoms. The van der Waals surface area contributed by atoms with Gasteiger partial charge in [0.15, 0.2) is 5.78 Å². The van der Waals surface area contributed by atoms with Gasteiger partial charge in [-0.3, -0.25) is 9.59 Å². The lowest BCUT2D eigenvalue weighted by molar-refractivity contribution is -0.116. The van der Waals surface area contributed by atoms with Gasteiger partial charge in [0.2, 0.25) is 15.9 Å². The number of rotatable bonds is 10. The maximum atomic E-state index is 12.3. The summed E-state index contributed by atoms with van der Waals surface area (Å²) in [5, 5.41) is 2.69. The first-order chi connectivity index (χ1) is 14.1. The van der Waals surface area contributed by atoms with E-state index in [1.165, 1.54) is 46.3 Å². The Morgan fingerprint density at radius 1 is 1.07 bits per heavy atom. The first kappa shape index (κ1) is 23.4. The molecule has 0 heterocycles. The first-order valence-corrected chi connectivity index (χ1v) is 10.7. The molecule has 1 amide bonds. The highest BCUT2D eigenvalue weighted by molar-refractivity contribution is 7.89. The van der Waals surface area contributed by atoms with Crippen LogP contribution >= 0.6 is 0 Å². The van der Waals surface area contributed by atoms with E-state index in [0.717, 1.165) is 4.31 Å². The van der Waals surface area contributed by atoms with Gasteiger partial charge >= 0.3 is 0 Å². The number of hydrogen-bond acceptors (Lipinski definition) is 6. The van der Waals surface area contributed by atoms with Crippen molar-refractivity contribution in [2.24, 2.45) is 0 Å². The number of amides is 1. The fraction of sp³-hybridized carbons (Fsp3) is 0.333. The molecule has 0 unspecified atom stereocenters. The van der Waals surface area contributed by atoms with E-state index in [-0.39, 0.29) is 28.7 Å². The molecule has 162 valence electrons. The van der Waals surface area contributed by atoms with E-state index in [0.29, 0.717) is 30.1 Å². The Balaban J connectivity index is 1.93. The zero-order valence-electron chi connectivity index (χ0n) is 17.5. The Labute approximate surface area is 176 Å². The highest BCUT2D eigenvalue weighted by Gasteiger charge is 2.19. The van der Waals surface area contributed by atoms with Gasteiger partial charge in [0.05, 0.1) is 24.3 Å². The van der Waals surface area contributed by atoms with Crippen molar-refractivity contribution in [1.82, 2.24) is 4.31 Å². The maximum absolute atomic E-state index is 12.3. The smallest absolute Gasteiger partial charge is 0.242 e. The maximum Gasteiger partial charge on any atom is 0.242 e. The molecule has 0 bridgehead atoms. The van der Waals surface area contributed by atoms with Gasteiger partial charge in [-0.2, -0.15) is 0 Å². The standard InChI is InChI=1S/C21H26N2O6S/c1-15(24)16-7-9-17(10-8-16)29-13-5-6-21(25)22-19-14-18(11-12-20(19)28-4)30(26,27)23(2)3/h7-12,14H,5-6,13H2,1-4H3,(H,22,25). The molecule has 0 fully saturated rings. The SMILES string of the molecule is COc1ccc(S(=O)(=O)N(C)C)cc1NC(=O)CCCOc1ccc(C(C)=O)cc1. The second kappa shape index (κ2) is 10.2. The van der Waals surface area contributed by atoms with Crippen molar-refractivity contribution in [3.05, 3.63) is 48.0 Å². The van der Waals surface area contributed by atoms with Gasteiger partial charge in [-0.1, -0.05) is 0 Å². The third kappa shape index (κ3) is 6.04. The highest BCUT2D eigenvalue weighted by atomic mass is 32.2. The predicted molar refractivity (Wildman–Crippen MR) is 114 cm³/mol. The normalized spacial score (nSPS) is 11.2. The molecule has 2 aromatic carbocycles. The van der Waals surface area contributed by atoms with Crippen molar-refractivity contribution >= 4 is 27.4 Å². The number of anilines is 1. The van der Waals surface area contributed by atoms with Crippen LogP contribution < -0.4 is 14.8 Å². The van der Waals surface area contributed by atoms with E-state index in [1.807, 2.05) is 0 Å². The van der Waals surface area contributed by atoms with Gasteiger partial charge < -0.3 is 14.8 Å². The predicted octanol–water partition coefficient (Wildman–Crippen LogP) is 2.95. The van der Waals surface area contributed by atoms with Crippen LogP contribution in [0.4, 0.5) is 5.69 Å². The Morgan fingerprint density at radius 2 is 1.73 bits per heavy atom. The average molecular weight is 435 g/mol. The van der Waals surface area contributed by atoms with Crippen molar-refractivity contribution in [2.45, 2.75) is 24.7 Å². The molecule has 1 N–H and O–H groups in total. The molecule has 2 aromatic rings. The molecule has 30 heavy (non-hydrogen) atoms. The number of carbonyl (C=O) groups is 2. The number of ketones is 1. The van der Waals surface area contributed by atoms with Crippen molar-refractivity contribution in [1.29, 1.82) is 0 Å². The van der Waals surface area contributed by atoms with Crippen LogP contribution in [0.2, 0.25) is 0 Å². The molecule has 0 radical (unpaired) electrons. The largest absolute Gasteiger partial charge is 0.495 e. The summed E-state index contributed by atoms with van der Waals surface area (Å²) in [7, 11) is 0.678. The number of methoxy groups -OCH3 is 1. The Hall–Kier alpha value is -2.91. The fourth-order valence-corrected chi connectivity index (χ4v) is 3.51. The number of sulfonamides is 1. The molecule has 2 rings (SSSR count). The summed E-state index contributed by atoms with van der Waals surface area (Å²) in [5.41, 5.74) is 0.889. The van der Waals surface area contributed by atoms with Crippen molar-refractivity contribution in [3.63, 3.8) is 0 Å². The Kier molecular flexibility index (Phi) is 7.96. The molecule has 0 aliphatic carbocycles. The van der Waals surface area contributed by atoms with Gasteiger partial charge in [0, 0.05) is 26.1 Å². The van der Waals surface area contributed by atoms with Gasteiger partial charge in [0.1, 0.15) is 11.5 Å². The van der Waals surface area contributed by atoms with Crippen LogP contribution in [0.1, 0.15) is 30.1 Å². The lowest BCUT2D eigenvalue weighted by atomic mass is 10.1. The average Bonchev–Trinajstić information content (AvgIpc) is 2.71. The summed E-state index contributed by atoms with van der Waals surface area (Å²) < 4.78 is 36.5. The second-order valence-corrected chi connectivity index (χ2v) is 8.88. The van der Waals surface area contributed by atoms with Gasteiger partial charge in [0.25, 0.3) is 0 Å².